The predicted octanol–water partition coefficient (Wildman–Crippen LogP) is -0.562. The zero-order chi connectivity index (χ0) is 24.0. The number of hydrogen-bond donors (Lipinski definition) is 1. The van der Waals surface area contributed by atoms with Crippen molar-refractivity contribution < 1.29 is 57.2 Å². The summed E-state index contributed by atoms with van der Waals surface area (Å²) in [6, 6.07) is -0.987. The summed E-state index contributed by atoms with van der Waals surface area (Å²) in [5.74, 6) is -3.72. The number of ether oxygens (including phenoxy) is 6. The summed E-state index contributed by atoms with van der Waals surface area (Å²) < 4.78 is 31.1. The number of alkyl carbamates (subject to hydrolysis) is 1. The Hall–Kier alpha value is -2.87. The highest BCUT2D eigenvalue weighted by molar-refractivity contribution is 7.99. The molecule has 0 bridgehead atoms. The summed E-state index contributed by atoms with van der Waals surface area (Å²) in [5, 5.41) is 2.31. The van der Waals surface area contributed by atoms with Gasteiger partial charge in [0.05, 0.1) is 0 Å². The van der Waals surface area contributed by atoms with E-state index >= 15 is 0 Å². The van der Waals surface area contributed by atoms with Crippen molar-refractivity contribution in [1.29, 1.82) is 0 Å². The predicted molar refractivity (Wildman–Crippen MR) is 103 cm³/mol. The maximum Gasteiger partial charge on any atom is 0.415 e. The number of nitrogens with one attached hydrogen (secondary N) is 1. The normalized spacial score (nSPS) is 29.4. The molecule has 6 atom stereocenters. The molecule has 13 nitrogen and oxygen atoms in total. The van der Waals surface area contributed by atoms with Crippen LogP contribution in [0.15, 0.2) is 0 Å². The Morgan fingerprint density at radius 3 is 1.94 bits per heavy atom. The van der Waals surface area contributed by atoms with Crippen LogP contribution >= 0.6 is 11.8 Å². The SMILES string of the molecule is CC(=O)OC[C@H]1O[C@@H](SC[C@@H]2NC(=O)OC2=O)[C@H](OC(C)=O)[C@@H](OC(C)=O)[C@H]1OC(C)=O. The Morgan fingerprint density at radius 2 is 1.44 bits per heavy atom. The fourth-order valence-corrected chi connectivity index (χ4v) is 4.24. The van der Waals surface area contributed by atoms with Gasteiger partial charge in [-0.25, -0.2) is 9.59 Å². The monoisotopic (exact) mass is 477 g/mol. The van der Waals surface area contributed by atoms with Gasteiger partial charge in [-0.2, -0.15) is 0 Å². The highest BCUT2D eigenvalue weighted by atomic mass is 32.2. The van der Waals surface area contributed by atoms with E-state index in [9.17, 15) is 28.8 Å². The van der Waals surface area contributed by atoms with Crippen molar-refractivity contribution in [2.75, 3.05) is 12.4 Å². The average Bonchev–Trinajstić information content (AvgIpc) is 2.98. The first kappa shape index (κ1) is 25.4. The van der Waals surface area contributed by atoms with E-state index in [0.29, 0.717) is 0 Å². The van der Waals surface area contributed by atoms with E-state index in [1.54, 1.807) is 0 Å². The number of cyclic esters (lactones) is 2. The summed E-state index contributed by atoms with van der Waals surface area (Å²) in [6.07, 6.45) is -5.83. The Labute approximate surface area is 186 Å². The van der Waals surface area contributed by atoms with Crippen LogP contribution in [-0.2, 0) is 52.4 Å². The van der Waals surface area contributed by atoms with Crippen LogP contribution in [0, 0.1) is 0 Å². The first-order valence-corrected chi connectivity index (χ1v) is 10.5. The molecule has 2 aliphatic heterocycles. The Morgan fingerprint density at radius 1 is 0.875 bits per heavy atom. The molecule has 2 fully saturated rings. The number of rotatable bonds is 8. The van der Waals surface area contributed by atoms with Gasteiger partial charge in [0.2, 0.25) is 0 Å². The summed E-state index contributed by atoms with van der Waals surface area (Å²) in [5.41, 5.74) is -1.05. The van der Waals surface area contributed by atoms with E-state index in [-0.39, 0.29) is 12.4 Å². The Bertz CT molecular complexity index is 786. The fraction of sp³-hybridized carbons (Fsp3) is 0.667. The topological polar surface area (TPSA) is 170 Å². The van der Waals surface area contributed by atoms with Gasteiger partial charge in [0, 0.05) is 33.4 Å². The average molecular weight is 477 g/mol. The molecule has 1 N–H and O–H groups in total. The van der Waals surface area contributed by atoms with Crippen LogP contribution in [-0.4, -0.2) is 84.2 Å². The molecule has 2 rings (SSSR count). The van der Waals surface area contributed by atoms with Gasteiger partial charge >= 0.3 is 35.9 Å². The third kappa shape index (κ3) is 7.09. The second-order valence-corrected chi connectivity index (χ2v) is 7.94. The second-order valence-electron chi connectivity index (χ2n) is 6.81. The summed E-state index contributed by atoms with van der Waals surface area (Å²) in [6.45, 7) is 4.14. The number of hydrogen-bond acceptors (Lipinski definition) is 13. The van der Waals surface area contributed by atoms with Crippen molar-refractivity contribution in [2.24, 2.45) is 0 Å². The molecule has 178 valence electrons. The van der Waals surface area contributed by atoms with Crippen LogP contribution in [0.3, 0.4) is 0 Å². The fourth-order valence-electron chi connectivity index (χ4n) is 3.02. The molecule has 0 aromatic heterocycles. The minimum atomic E-state index is -1.31. The van der Waals surface area contributed by atoms with Gasteiger partial charge < -0.3 is 33.7 Å². The van der Waals surface area contributed by atoms with Crippen LogP contribution in [0.5, 0.6) is 0 Å². The largest absolute Gasteiger partial charge is 0.463 e. The first-order chi connectivity index (χ1) is 15.0. The van der Waals surface area contributed by atoms with Crippen molar-refractivity contribution >= 4 is 47.7 Å². The third-order valence-corrected chi connectivity index (χ3v) is 5.38. The van der Waals surface area contributed by atoms with E-state index in [4.69, 9.17) is 23.7 Å². The number of carbonyl (C=O) groups excluding carboxylic acids is 6. The van der Waals surface area contributed by atoms with Crippen molar-refractivity contribution in [3.05, 3.63) is 0 Å². The third-order valence-electron chi connectivity index (χ3n) is 4.15. The molecule has 0 spiro atoms. The molecule has 2 saturated heterocycles. The quantitative estimate of drug-likeness (QED) is 0.268. The van der Waals surface area contributed by atoms with Crippen LogP contribution < -0.4 is 5.32 Å². The van der Waals surface area contributed by atoms with Crippen molar-refractivity contribution in [1.82, 2.24) is 5.32 Å². The van der Waals surface area contributed by atoms with Gasteiger partial charge in [0.1, 0.15) is 24.2 Å². The van der Waals surface area contributed by atoms with Crippen LogP contribution in [0.2, 0.25) is 0 Å². The molecule has 1 amide bonds. The van der Waals surface area contributed by atoms with Crippen molar-refractivity contribution in [3.63, 3.8) is 0 Å². The van der Waals surface area contributed by atoms with Crippen LogP contribution in [0.1, 0.15) is 27.7 Å². The van der Waals surface area contributed by atoms with E-state index < -0.39 is 71.8 Å². The Balaban J connectivity index is 2.32. The van der Waals surface area contributed by atoms with Gasteiger partial charge in [-0.1, -0.05) is 0 Å². The van der Waals surface area contributed by atoms with Crippen molar-refractivity contribution in [2.45, 2.75) is 63.6 Å². The number of thioether (sulfide) groups is 1. The lowest BCUT2D eigenvalue weighted by molar-refractivity contribution is -0.237. The van der Waals surface area contributed by atoms with Gasteiger partial charge in [-0.3, -0.25) is 19.2 Å². The zero-order valence-electron chi connectivity index (χ0n) is 17.7. The summed E-state index contributed by atoms with van der Waals surface area (Å²) >= 11 is 0.953. The van der Waals surface area contributed by atoms with Gasteiger partial charge in [-0.05, 0) is 0 Å². The van der Waals surface area contributed by atoms with Gasteiger partial charge in [-0.15, -0.1) is 11.8 Å². The second kappa shape index (κ2) is 11.1. The van der Waals surface area contributed by atoms with Crippen LogP contribution in [0.4, 0.5) is 4.79 Å². The number of carbonyl (C=O) groups is 6. The molecule has 2 aliphatic rings. The standard InChI is InChI=1S/C18H23NO12S/c1-7(20)26-5-12-13(27-8(2)21)14(28-9(3)22)15(29-10(4)23)17(30-12)32-6-11-16(24)31-18(25)19-11/h11-15,17H,5-6H2,1-4H3,(H,19,25)/t11-,12+,13-,14-,15+,17-/m0/s1. The number of esters is 5. The summed E-state index contributed by atoms with van der Waals surface area (Å²) in [7, 11) is 0. The van der Waals surface area contributed by atoms with E-state index in [2.05, 4.69) is 10.1 Å². The minimum Gasteiger partial charge on any atom is -0.463 e. The molecule has 32 heavy (non-hydrogen) atoms. The molecule has 0 aromatic rings. The minimum absolute atomic E-state index is 0.0433. The Kier molecular flexibility index (Phi) is 8.83. The molecule has 0 unspecified atom stereocenters. The van der Waals surface area contributed by atoms with E-state index in [1.165, 1.54) is 0 Å². The maximum atomic E-state index is 11.8. The zero-order valence-corrected chi connectivity index (χ0v) is 18.5. The van der Waals surface area contributed by atoms with Gasteiger partial charge in [0.25, 0.3) is 0 Å². The molecular weight excluding hydrogens is 454 g/mol. The van der Waals surface area contributed by atoms with E-state index in [0.717, 1.165) is 39.5 Å². The molecule has 14 heteroatoms. The molecule has 0 saturated carbocycles. The van der Waals surface area contributed by atoms with Crippen LogP contribution in [0.25, 0.3) is 0 Å². The molecule has 0 aromatic carbocycles. The highest BCUT2D eigenvalue weighted by Gasteiger charge is 2.52. The lowest BCUT2D eigenvalue weighted by atomic mass is 9.99. The smallest absolute Gasteiger partial charge is 0.415 e. The molecule has 0 radical (unpaired) electrons. The first-order valence-electron chi connectivity index (χ1n) is 9.42. The summed E-state index contributed by atoms with van der Waals surface area (Å²) in [4.78, 5) is 69.4. The van der Waals surface area contributed by atoms with Crippen molar-refractivity contribution in [3.8, 4) is 0 Å². The number of amides is 1. The lowest BCUT2D eigenvalue weighted by Crippen LogP contribution is -2.61. The van der Waals surface area contributed by atoms with E-state index in [1.807, 2.05) is 0 Å². The van der Waals surface area contributed by atoms with Gasteiger partial charge in [0.15, 0.2) is 18.3 Å². The highest BCUT2D eigenvalue weighted by Crippen LogP contribution is 2.35. The molecule has 2 heterocycles. The lowest BCUT2D eigenvalue weighted by Gasteiger charge is -2.44. The molecule has 0 aliphatic carbocycles. The maximum absolute atomic E-state index is 11.8. The molecular formula is C18H23NO12S.